The molecule has 40 heavy (non-hydrogen) atoms. The van der Waals surface area contributed by atoms with E-state index in [1.165, 1.54) is 16.2 Å². The van der Waals surface area contributed by atoms with Gasteiger partial charge in [-0.3, -0.25) is 14.5 Å². The van der Waals surface area contributed by atoms with Crippen molar-refractivity contribution in [2.75, 3.05) is 65.6 Å². The van der Waals surface area contributed by atoms with E-state index in [1.54, 1.807) is 20.2 Å². The summed E-state index contributed by atoms with van der Waals surface area (Å²) in [5.74, 6) is -0.182. The van der Waals surface area contributed by atoms with E-state index in [0.29, 0.717) is 65.6 Å². The molecule has 10 nitrogen and oxygen atoms in total. The van der Waals surface area contributed by atoms with Crippen molar-refractivity contribution in [3.05, 3.63) is 47.5 Å². The number of carbonyl (C=O) groups excluding carboxylic acids is 1. The Labute approximate surface area is 238 Å². The first-order valence-corrected chi connectivity index (χ1v) is 14.2. The molecule has 1 aromatic heterocycles. The summed E-state index contributed by atoms with van der Waals surface area (Å²) in [6.07, 6.45) is 1.22. The number of likely N-dealkylation sites (N-methyl/N-ethyl adjacent to an activating group) is 1. The largest absolute Gasteiger partial charge is 0.493 e. The molecule has 0 radical (unpaired) electrons. The average molecular weight is 573 g/mol. The predicted molar refractivity (Wildman–Crippen MR) is 153 cm³/mol. The van der Waals surface area contributed by atoms with Crippen LogP contribution in [0.25, 0.3) is 10.2 Å². The Morgan fingerprint density at radius 3 is 2.30 bits per heavy atom. The number of benzene rings is 2. The number of aliphatic carboxylic acids is 1. The van der Waals surface area contributed by atoms with E-state index in [2.05, 4.69) is 0 Å². The van der Waals surface area contributed by atoms with E-state index >= 15 is 0 Å². The number of aromatic nitrogens is 1. The van der Waals surface area contributed by atoms with Crippen LogP contribution in [0.15, 0.2) is 36.4 Å². The zero-order valence-electron chi connectivity index (χ0n) is 23.3. The number of carboxylic acid groups (broad SMARTS) is 1. The normalized spacial score (nSPS) is 14.2. The molecule has 11 heteroatoms. The molecule has 2 aromatic carbocycles. The maximum atomic E-state index is 13.8. The Balaban J connectivity index is 1.51. The number of hydrogen-bond acceptors (Lipinski definition) is 8. The number of amides is 1. The van der Waals surface area contributed by atoms with Crippen LogP contribution in [0.4, 0.5) is 5.13 Å². The molecule has 0 saturated heterocycles. The van der Waals surface area contributed by atoms with Crippen LogP contribution in [-0.2, 0) is 22.4 Å². The van der Waals surface area contributed by atoms with E-state index in [4.69, 9.17) is 14.5 Å². The summed E-state index contributed by atoms with van der Waals surface area (Å²) in [6, 6.07) is 11.4. The summed E-state index contributed by atoms with van der Waals surface area (Å²) in [5.41, 5.74) is 1.60. The third-order valence-electron chi connectivity index (χ3n) is 7.75. The fourth-order valence-electron chi connectivity index (χ4n) is 5.56. The molecule has 0 saturated carbocycles. The van der Waals surface area contributed by atoms with Gasteiger partial charge in [-0.1, -0.05) is 35.6 Å². The van der Waals surface area contributed by atoms with Gasteiger partial charge in [-0.25, -0.2) is 4.98 Å². The van der Waals surface area contributed by atoms with Crippen LogP contribution in [-0.4, -0.2) is 97.3 Å². The fourth-order valence-corrected chi connectivity index (χ4v) is 6.50. The molecule has 0 aliphatic heterocycles. The summed E-state index contributed by atoms with van der Waals surface area (Å²) in [4.78, 5) is 31.8. The number of thiazole rings is 1. The van der Waals surface area contributed by atoms with E-state index in [1.807, 2.05) is 37.4 Å². The van der Waals surface area contributed by atoms with Crippen molar-refractivity contribution in [3.8, 4) is 11.5 Å². The van der Waals surface area contributed by atoms with Gasteiger partial charge in [0.1, 0.15) is 13.1 Å². The van der Waals surface area contributed by atoms with Crippen molar-refractivity contribution in [3.63, 3.8) is 0 Å². The second-order valence-corrected chi connectivity index (χ2v) is 11.8. The molecule has 4 rings (SSSR count). The smallest absolute Gasteiger partial charge is 0.304 e. The molecule has 1 aliphatic rings. The van der Waals surface area contributed by atoms with E-state index in [9.17, 15) is 24.9 Å². The Kier molecular flexibility index (Phi) is 9.29. The predicted octanol–water partition coefficient (Wildman–Crippen LogP) is 2.73. The molecule has 3 N–H and O–H groups in total. The number of quaternary nitrogens is 1. The number of anilines is 1. The molecule has 1 aliphatic carbocycles. The van der Waals surface area contributed by atoms with Gasteiger partial charge in [-0.05, 0) is 24.0 Å². The van der Waals surface area contributed by atoms with E-state index in [0.717, 1.165) is 22.4 Å². The van der Waals surface area contributed by atoms with Gasteiger partial charge in [0.15, 0.2) is 16.6 Å². The van der Waals surface area contributed by atoms with Crippen LogP contribution in [0.5, 0.6) is 11.5 Å². The molecule has 0 spiro atoms. The highest BCUT2D eigenvalue weighted by molar-refractivity contribution is 7.22. The van der Waals surface area contributed by atoms with Gasteiger partial charge >= 0.3 is 5.97 Å². The lowest BCUT2D eigenvalue weighted by Gasteiger charge is -2.33. The fraction of sp³-hybridized carbons (Fsp3) is 0.483. The first-order chi connectivity index (χ1) is 19.1. The standard InChI is InChI=1S/C29H37N3O7S/c1-31(27(37)29(19-26(35)36)17-20-7-4-5-8-21(20)18-29)28-30-22-15-24(23(38-3)16-25(22)40-28)39-14-6-9-32(2,10-12-33)11-13-34/h4-5,7-8,15-16,33-34H,6,9-14,17-19H2,1-3H3/p+1. The quantitative estimate of drug-likeness (QED) is 0.199. The van der Waals surface area contributed by atoms with Crippen molar-refractivity contribution in [2.24, 2.45) is 5.41 Å². The number of hydrogen-bond donors (Lipinski definition) is 3. The minimum Gasteiger partial charge on any atom is -0.493 e. The maximum Gasteiger partial charge on any atom is 0.304 e. The third-order valence-corrected chi connectivity index (χ3v) is 8.85. The number of methoxy groups -OCH3 is 1. The topological polar surface area (TPSA) is 129 Å². The van der Waals surface area contributed by atoms with Crippen LogP contribution in [0, 0.1) is 5.41 Å². The van der Waals surface area contributed by atoms with Crippen molar-refractivity contribution < 1.29 is 38.9 Å². The third kappa shape index (κ3) is 6.38. The van der Waals surface area contributed by atoms with Gasteiger partial charge in [0.05, 0.1) is 62.6 Å². The second kappa shape index (κ2) is 12.5. The molecule has 1 heterocycles. The highest BCUT2D eigenvalue weighted by atomic mass is 32.1. The molecule has 3 aromatic rings. The summed E-state index contributed by atoms with van der Waals surface area (Å²) >= 11 is 1.34. The van der Waals surface area contributed by atoms with Gasteiger partial charge in [0.25, 0.3) is 0 Å². The highest BCUT2D eigenvalue weighted by Gasteiger charge is 2.47. The monoisotopic (exact) mass is 572 g/mol. The summed E-state index contributed by atoms with van der Waals surface area (Å²) in [6.45, 7) is 2.37. The zero-order chi connectivity index (χ0) is 28.9. The summed E-state index contributed by atoms with van der Waals surface area (Å²) in [5, 5.41) is 28.9. The Morgan fingerprint density at radius 1 is 1.07 bits per heavy atom. The second-order valence-electron chi connectivity index (χ2n) is 10.7. The van der Waals surface area contributed by atoms with Crippen LogP contribution >= 0.6 is 11.3 Å². The van der Waals surface area contributed by atoms with E-state index < -0.39 is 11.4 Å². The first kappa shape index (κ1) is 29.7. The minimum atomic E-state index is -1.06. The zero-order valence-corrected chi connectivity index (χ0v) is 24.1. The molecule has 0 fully saturated rings. The Hall–Kier alpha value is -3.25. The van der Waals surface area contributed by atoms with Gasteiger partial charge in [-0.15, -0.1) is 0 Å². The van der Waals surface area contributed by atoms with Crippen molar-refractivity contribution >= 4 is 38.6 Å². The summed E-state index contributed by atoms with van der Waals surface area (Å²) in [7, 11) is 5.21. The number of rotatable bonds is 14. The highest BCUT2D eigenvalue weighted by Crippen LogP contribution is 2.43. The van der Waals surface area contributed by atoms with Crippen LogP contribution < -0.4 is 14.4 Å². The lowest BCUT2D eigenvalue weighted by atomic mass is 9.80. The van der Waals surface area contributed by atoms with E-state index in [-0.39, 0.29) is 25.5 Å². The van der Waals surface area contributed by atoms with Gasteiger partial charge < -0.3 is 29.3 Å². The van der Waals surface area contributed by atoms with Crippen LogP contribution in [0.3, 0.4) is 0 Å². The molecule has 0 unspecified atom stereocenters. The number of aliphatic hydroxyl groups excluding tert-OH is 2. The molecule has 0 atom stereocenters. The Bertz CT molecular complexity index is 1330. The van der Waals surface area contributed by atoms with Gasteiger partial charge in [-0.2, -0.15) is 0 Å². The van der Waals surface area contributed by atoms with Crippen molar-refractivity contribution in [2.45, 2.75) is 25.7 Å². The molecule has 216 valence electrons. The SMILES string of the molecule is COc1cc2sc(N(C)C(=O)C3(CC(=O)O)Cc4ccccc4C3)nc2cc1OCCC[N+](C)(CCO)CCO. The van der Waals surface area contributed by atoms with Crippen molar-refractivity contribution in [1.82, 2.24) is 4.98 Å². The number of carbonyl (C=O) groups is 2. The number of nitrogens with zero attached hydrogens (tertiary/aromatic N) is 3. The molecular weight excluding hydrogens is 534 g/mol. The Morgan fingerprint density at radius 2 is 1.73 bits per heavy atom. The molecule has 0 bridgehead atoms. The van der Waals surface area contributed by atoms with Crippen molar-refractivity contribution in [1.29, 1.82) is 0 Å². The maximum absolute atomic E-state index is 13.8. The number of carboxylic acids is 1. The lowest BCUT2D eigenvalue weighted by molar-refractivity contribution is -0.910. The molecule has 1 amide bonds. The summed E-state index contributed by atoms with van der Waals surface area (Å²) < 4.78 is 13.0. The minimum absolute atomic E-state index is 0.0509. The average Bonchev–Trinajstić information content (AvgIpc) is 3.50. The van der Waals surface area contributed by atoms with Crippen LogP contribution in [0.1, 0.15) is 24.0 Å². The molecular formula is C29H38N3O7S+. The van der Waals surface area contributed by atoms with Crippen LogP contribution in [0.2, 0.25) is 0 Å². The number of aliphatic hydroxyl groups is 2. The number of fused-ring (bicyclic) bond motifs is 2. The number of ether oxygens (including phenoxy) is 2. The van der Waals surface area contributed by atoms with Gasteiger partial charge in [0, 0.05) is 25.6 Å². The first-order valence-electron chi connectivity index (χ1n) is 13.4. The lowest BCUT2D eigenvalue weighted by Crippen LogP contribution is -2.49. The van der Waals surface area contributed by atoms with Gasteiger partial charge in [0.2, 0.25) is 5.91 Å².